The van der Waals surface area contributed by atoms with E-state index < -0.39 is 0 Å². The molecule has 0 bridgehead atoms. The maximum Gasteiger partial charge on any atom is 0.279 e. The first-order valence-electron chi connectivity index (χ1n) is 8.71. The number of aryl methyl sites for hydroxylation is 2. The van der Waals surface area contributed by atoms with Crippen LogP contribution in [0, 0.1) is 0 Å². The lowest BCUT2D eigenvalue weighted by molar-refractivity contribution is -0.632. The van der Waals surface area contributed by atoms with Gasteiger partial charge >= 0.3 is 0 Å². The Balaban J connectivity index is 1.78. The summed E-state index contributed by atoms with van der Waals surface area (Å²) in [6.45, 7) is 4.52. The van der Waals surface area contributed by atoms with Crippen molar-refractivity contribution in [2.45, 2.75) is 26.7 Å². The zero-order valence-electron chi connectivity index (χ0n) is 14.8. The molecule has 25 heavy (non-hydrogen) atoms. The highest BCUT2D eigenvalue weighted by Gasteiger charge is 2.10. The van der Waals surface area contributed by atoms with Crippen LogP contribution in [-0.4, -0.2) is 24.9 Å². The first-order chi connectivity index (χ1) is 12.1. The number of nitrogens with two attached hydrogens (primary N) is 1. The van der Waals surface area contributed by atoms with E-state index in [0.717, 1.165) is 35.3 Å². The Morgan fingerprint density at radius 1 is 0.760 bits per heavy atom. The van der Waals surface area contributed by atoms with Gasteiger partial charge in [0.1, 0.15) is 0 Å². The number of benzene rings is 2. The summed E-state index contributed by atoms with van der Waals surface area (Å²) in [6, 6.07) is 15.5. The Hall–Kier alpha value is -2.66. The predicted molar refractivity (Wildman–Crippen MR) is 101 cm³/mol. The molecule has 0 saturated heterocycles. The van der Waals surface area contributed by atoms with E-state index in [1.54, 1.807) is 5.32 Å². The topological polar surface area (TPSA) is 74.8 Å². The Morgan fingerprint density at radius 3 is 1.56 bits per heavy atom. The van der Waals surface area contributed by atoms with Crippen LogP contribution < -0.4 is 16.0 Å². The molecular weight excluding hydrogens is 314 g/mol. The molecule has 0 radical (unpaired) electrons. The second-order valence-corrected chi connectivity index (χ2v) is 5.81. The molecule has 0 unspecified atom stereocenters. The Kier molecular flexibility index (Phi) is 7.16. The number of hydrogen-bond donors (Lipinski definition) is 3. The third kappa shape index (κ3) is 5.72. The van der Waals surface area contributed by atoms with E-state index >= 15 is 0 Å². The number of carbonyl (C=O) groups is 2. The molecule has 0 aliphatic rings. The van der Waals surface area contributed by atoms with Gasteiger partial charge < -0.3 is 16.0 Å². The summed E-state index contributed by atoms with van der Waals surface area (Å²) < 4.78 is 0. The quantitative estimate of drug-likeness (QED) is 0.687. The third-order valence-electron chi connectivity index (χ3n) is 4.00. The van der Waals surface area contributed by atoms with Crippen molar-refractivity contribution < 1.29 is 14.9 Å². The van der Waals surface area contributed by atoms with Crippen LogP contribution in [0.5, 0.6) is 0 Å². The lowest BCUT2D eigenvalue weighted by Crippen LogP contribution is -2.88. The van der Waals surface area contributed by atoms with E-state index in [9.17, 15) is 9.59 Å². The van der Waals surface area contributed by atoms with Crippen molar-refractivity contribution in [2.24, 2.45) is 0 Å². The van der Waals surface area contributed by atoms with Crippen molar-refractivity contribution in [3.8, 4) is 0 Å². The van der Waals surface area contributed by atoms with Crippen LogP contribution in [0.15, 0.2) is 48.5 Å². The molecule has 2 rings (SSSR count). The molecule has 2 amide bonds. The first kappa shape index (κ1) is 18.7. The molecular formula is C20H26N3O2+. The number of rotatable bonds is 8. The summed E-state index contributed by atoms with van der Waals surface area (Å²) in [5.74, 6) is -0.217. The SMILES string of the molecule is CCc1ccccc1NC(=O)C[NH2+]CC(=O)Nc1ccccc1CC. The number of carbonyl (C=O) groups excluding carboxylic acids is 2. The fourth-order valence-corrected chi connectivity index (χ4v) is 2.64. The van der Waals surface area contributed by atoms with E-state index in [4.69, 9.17) is 0 Å². The summed E-state index contributed by atoms with van der Waals surface area (Å²) in [5, 5.41) is 7.50. The molecule has 0 atom stereocenters. The van der Waals surface area contributed by atoms with Gasteiger partial charge in [0, 0.05) is 11.4 Å². The molecule has 0 aliphatic carbocycles. The van der Waals surface area contributed by atoms with Crippen molar-refractivity contribution in [3.05, 3.63) is 59.7 Å². The van der Waals surface area contributed by atoms with Gasteiger partial charge in [-0.15, -0.1) is 0 Å². The third-order valence-corrected chi connectivity index (χ3v) is 4.00. The number of quaternary nitrogens is 1. The molecule has 4 N–H and O–H groups in total. The van der Waals surface area contributed by atoms with Gasteiger partial charge in [-0.1, -0.05) is 50.2 Å². The lowest BCUT2D eigenvalue weighted by atomic mass is 10.1. The maximum atomic E-state index is 12.0. The van der Waals surface area contributed by atoms with Crippen LogP contribution >= 0.6 is 0 Å². The standard InChI is InChI=1S/C20H25N3O2/c1-3-15-9-5-7-11-17(15)22-19(24)13-21-14-20(25)23-18-12-8-6-10-16(18)4-2/h5-12,21H,3-4,13-14H2,1-2H3,(H,22,24)(H,23,25)/p+1. The predicted octanol–water partition coefficient (Wildman–Crippen LogP) is 1.95. The van der Waals surface area contributed by atoms with Crippen molar-refractivity contribution in [3.63, 3.8) is 0 Å². The van der Waals surface area contributed by atoms with Gasteiger partial charge in [0.05, 0.1) is 0 Å². The van der Waals surface area contributed by atoms with E-state index in [1.807, 2.05) is 48.5 Å². The average Bonchev–Trinajstić information content (AvgIpc) is 2.62. The van der Waals surface area contributed by atoms with Crippen molar-refractivity contribution in [1.82, 2.24) is 0 Å². The molecule has 0 saturated carbocycles. The number of anilines is 2. The molecule has 132 valence electrons. The highest BCUT2D eigenvalue weighted by atomic mass is 16.2. The van der Waals surface area contributed by atoms with E-state index in [1.165, 1.54) is 0 Å². The monoisotopic (exact) mass is 340 g/mol. The molecule has 0 fully saturated rings. The zero-order chi connectivity index (χ0) is 18.1. The number of nitrogens with one attached hydrogen (secondary N) is 2. The second-order valence-electron chi connectivity index (χ2n) is 5.81. The van der Waals surface area contributed by atoms with Crippen molar-refractivity contribution in [2.75, 3.05) is 23.7 Å². The fourth-order valence-electron chi connectivity index (χ4n) is 2.64. The number of para-hydroxylation sites is 2. The maximum absolute atomic E-state index is 12.0. The van der Waals surface area contributed by atoms with Gasteiger partial charge in [0.25, 0.3) is 11.8 Å². The molecule has 0 heterocycles. The smallest absolute Gasteiger partial charge is 0.279 e. The van der Waals surface area contributed by atoms with Crippen LogP contribution in [0.2, 0.25) is 0 Å². The van der Waals surface area contributed by atoms with E-state index in [2.05, 4.69) is 24.5 Å². The van der Waals surface area contributed by atoms with Gasteiger partial charge in [-0.25, -0.2) is 0 Å². The molecule has 0 aromatic heterocycles. The van der Waals surface area contributed by atoms with Gasteiger partial charge in [0.2, 0.25) is 0 Å². The minimum atomic E-state index is -0.109. The molecule has 0 aliphatic heterocycles. The van der Waals surface area contributed by atoms with Crippen LogP contribution in [0.3, 0.4) is 0 Å². The Bertz CT molecular complexity index is 667. The van der Waals surface area contributed by atoms with Crippen molar-refractivity contribution >= 4 is 23.2 Å². The molecule has 2 aromatic rings. The van der Waals surface area contributed by atoms with Crippen LogP contribution in [-0.2, 0) is 22.4 Å². The highest BCUT2D eigenvalue weighted by Crippen LogP contribution is 2.15. The molecule has 2 aromatic carbocycles. The highest BCUT2D eigenvalue weighted by molar-refractivity contribution is 5.93. The normalized spacial score (nSPS) is 10.3. The summed E-state index contributed by atoms with van der Waals surface area (Å²) in [6.07, 6.45) is 1.72. The molecule has 0 spiro atoms. The first-order valence-corrected chi connectivity index (χ1v) is 8.71. The van der Waals surface area contributed by atoms with E-state index in [-0.39, 0.29) is 24.9 Å². The van der Waals surface area contributed by atoms with Gasteiger partial charge in [-0.05, 0) is 36.1 Å². The lowest BCUT2D eigenvalue weighted by Gasteiger charge is -2.10. The molecule has 5 heteroatoms. The van der Waals surface area contributed by atoms with Crippen LogP contribution in [0.1, 0.15) is 25.0 Å². The number of amides is 2. The fraction of sp³-hybridized carbons (Fsp3) is 0.300. The Labute approximate surface area is 148 Å². The average molecular weight is 340 g/mol. The van der Waals surface area contributed by atoms with Gasteiger partial charge in [-0.2, -0.15) is 0 Å². The van der Waals surface area contributed by atoms with Gasteiger partial charge in [-0.3, -0.25) is 9.59 Å². The summed E-state index contributed by atoms with van der Waals surface area (Å²) in [7, 11) is 0. The van der Waals surface area contributed by atoms with Crippen molar-refractivity contribution in [1.29, 1.82) is 0 Å². The largest absolute Gasteiger partial charge is 0.331 e. The zero-order valence-corrected chi connectivity index (χ0v) is 14.8. The van der Waals surface area contributed by atoms with Gasteiger partial charge in [0.15, 0.2) is 13.1 Å². The summed E-state index contributed by atoms with van der Waals surface area (Å²) >= 11 is 0. The Morgan fingerprint density at radius 2 is 1.16 bits per heavy atom. The summed E-state index contributed by atoms with van der Waals surface area (Å²) in [5.41, 5.74) is 3.88. The minimum absolute atomic E-state index is 0.109. The van der Waals surface area contributed by atoms with Crippen LogP contribution in [0.25, 0.3) is 0 Å². The number of hydrogen-bond acceptors (Lipinski definition) is 2. The second kappa shape index (κ2) is 9.59. The minimum Gasteiger partial charge on any atom is -0.331 e. The molecule has 5 nitrogen and oxygen atoms in total. The summed E-state index contributed by atoms with van der Waals surface area (Å²) in [4.78, 5) is 24.1. The van der Waals surface area contributed by atoms with Crippen LogP contribution in [0.4, 0.5) is 11.4 Å². The van der Waals surface area contributed by atoms with E-state index in [0.29, 0.717) is 0 Å².